The standard InChI is InChI=1S/C68H132O17P2/c1-9-60(7)46-38-30-22-17-18-23-32-40-48-65(70)78-54-63(85-68(73)51-43-35-25-19-21-29-37-45-59(5)6)56-82-86(74,75)80-52-62(69)53-81-87(76,77)83-57-64(55-79-66(71)49-41-33-27-26-31-39-47-61(8)10-2)84-67(72)50-42-34-24-16-14-12-11-13-15-20-28-36-44-58(3)4/h58-64,69H,9-57H2,1-8H3,(H,74,75)(H,76,77)/t60?,61?,62-,63-,64-/m1/s1. The Morgan fingerprint density at radius 3 is 0.816 bits per heavy atom. The monoisotopic (exact) mass is 1280 g/mol. The normalized spacial score (nSPS) is 15.0. The fourth-order valence-electron chi connectivity index (χ4n) is 10.1. The lowest BCUT2D eigenvalue weighted by molar-refractivity contribution is -0.161. The van der Waals surface area contributed by atoms with Crippen LogP contribution in [0.3, 0.4) is 0 Å². The predicted molar refractivity (Wildman–Crippen MR) is 349 cm³/mol. The van der Waals surface area contributed by atoms with Gasteiger partial charge in [-0.05, 0) is 49.4 Å². The van der Waals surface area contributed by atoms with Gasteiger partial charge < -0.3 is 33.8 Å². The summed E-state index contributed by atoms with van der Waals surface area (Å²) in [5.74, 6) is 0.846. The second kappa shape index (κ2) is 57.9. The largest absolute Gasteiger partial charge is 0.472 e. The quantitative estimate of drug-likeness (QED) is 0.0222. The predicted octanol–water partition coefficient (Wildman–Crippen LogP) is 18.9. The van der Waals surface area contributed by atoms with Gasteiger partial charge in [-0.1, -0.05) is 280 Å². The minimum Gasteiger partial charge on any atom is -0.462 e. The third-order valence-corrected chi connectivity index (χ3v) is 18.2. The number of hydrogen-bond donors (Lipinski definition) is 3. The zero-order valence-electron chi connectivity index (χ0n) is 56.6. The Morgan fingerprint density at radius 2 is 0.552 bits per heavy atom. The Balaban J connectivity index is 5.25. The smallest absolute Gasteiger partial charge is 0.462 e. The first-order chi connectivity index (χ1) is 41.7. The number of rotatable bonds is 65. The van der Waals surface area contributed by atoms with Gasteiger partial charge in [0.2, 0.25) is 0 Å². The number of phosphoric acid groups is 2. The van der Waals surface area contributed by atoms with Gasteiger partial charge in [0.1, 0.15) is 19.3 Å². The maximum absolute atomic E-state index is 13.0. The van der Waals surface area contributed by atoms with Crippen LogP contribution < -0.4 is 0 Å². The second-order valence-electron chi connectivity index (χ2n) is 26.0. The molecule has 0 heterocycles. The van der Waals surface area contributed by atoms with Gasteiger partial charge in [0.15, 0.2) is 12.2 Å². The lowest BCUT2D eigenvalue weighted by Gasteiger charge is -2.21. The molecule has 0 aliphatic heterocycles. The highest BCUT2D eigenvalue weighted by Gasteiger charge is 2.30. The van der Waals surface area contributed by atoms with Gasteiger partial charge in [-0.3, -0.25) is 37.3 Å². The van der Waals surface area contributed by atoms with Crippen LogP contribution in [0.15, 0.2) is 0 Å². The Labute approximate surface area is 530 Å². The molecule has 0 bridgehead atoms. The van der Waals surface area contributed by atoms with Gasteiger partial charge in [0.25, 0.3) is 0 Å². The van der Waals surface area contributed by atoms with Gasteiger partial charge in [-0.25, -0.2) is 9.13 Å². The molecule has 0 aromatic rings. The van der Waals surface area contributed by atoms with E-state index in [4.69, 9.17) is 37.0 Å². The summed E-state index contributed by atoms with van der Waals surface area (Å²) < 4.78 is 68.2. The number of carbonyl (C=O) groups is 4. The Hall–Kier alpha value is -1.94. The molecular formula is C68H132O17P2. The molecule has 0 aliphatic rings. The van der Waals surface area contributed by atoms with E-state index in [1.165, 1.54) is 128 Å². The Bertz CT molecular complexity index is 1730. The molecule has 19 heteroatoms. The molecule has 0 radical (unpaired) electrons. The van der Waals surface area contributed by atoms with E-state index >= 15 is 0 Å². The summed E-state index contributed by atoms with van der Waals surface area (Å²) in [6, 6.07) is 0. The van der Waals surface area contributed by atoms with Crippen molar-refractivity contribution in [3.8, 4) is 0 Å². The minimum absolute atomic E-state index is 0.102. The maximum atomic E-state index is 13.0. The van der Waals surface area contributed by atoms with E-state index in [1.54, 1.807) is 0 Å². The summed E-state index contributed by atoms with van der Waals surface area (Å²) in [5.41, 5.74) is 0. The molecule has 0 saturated heterocycles. The molecule has 0 rings (SSSR count). The van der Waals surface area contributed by atoms with Crippen LogP contribution in [-0.4, -0.2) is 96.7 Å². The van der Waals surface area contributed by atoms with Crippen LogP contribution in [0, 0.1) is 23.7 Å². The van der Waals surface area contributed by atoms with Crippen LogP contribution in [0.25, 0.3) is 0 Å². The first-order valence-electron chi connectivity index (χ1n) is 35.3. The van der Waals surface area contributed by atoms with Gasteiger partial charge in [0.05, 0.1) is 26.4 Å². The molecule has 87 heavy (non-hydrogen) atoms. The van der Waals surface area contributed by atoms with Gasteiger partial charge in [-0.2, -0.15) is 0 Å². The molecule has 0 spiro atoms. The number of esters is 4. The number of phosphoric ester groups is 2. The molecular weight excluding hydrogens is 1150 g/mol. The lowest BCUT2D eigenvalue weighted by Crippen LogP contribution is -2.30. The third kappa shape index (κ3) is 60.1. The van der Waals surface area contributed by atoms with E-state index in [2.05, 4.69) is 55.4 Å². The second-order valence-corrected chi connectivity index (χ2v) is 28.9. The van der Waals surface area contributed by atoms with E-state index in [9.17, 15) is 43.2 Å². The van der Waals surface area contributed by atoms with Crippen LogP contribution >= 0.6 is 15.6 Å². The first-order valence-corrected chi connectivity index (χ1v) is 38.3. The molecule has 516 valence electrons. The zero-order valence-corrected chi connectivity index (χ0v) is 58.4. The van der Waals surface area contributed by atoms with Crippen LogP contribution in [0.5, 0.6) is 0 Å². The highest BCUT2D eigenvalue weighted by molar-refractivity contribution is 7.47. The van der Waals surface area contributed by atoms with Gasteiger partial charge in [-0.15, -0.1) is 0 Å². The SMILES string of the molecule is CCC(C)CCCCCCCCCCC(=O)OC[C@H](COP(=O)(O)OC[C@@H](O)COP(=O)(O)OC[C@@H](COC(=O)CCCCCCCCC(C)CC)OC(=O)CCCCCCCCCCCCCCC(C)C)OC(=O)CCCCCCCCCC(C)C. The molecule has 17 nitrogen and oxygen atoms in total. The molecule has 0 saturated carbocycles. The molecule has 0 fully saturated rings. The molecule has 4 unspecified atom stereocenters. The number of unbranched alkanes of at least 4 members (excludes halogenated alkanes) is 29. The van der Waals surface area contributed by atoms with Crippen molar-refractivity contribution >= 4 is 39.5 Å². The van der Waals surface area contributed by atoms with E-state index < -0.39 is 97.5 Å². The first kappa shape index (κ1) is 85.1. The molecule has 7 atom stereocenters. The van der Waals surface area contributed by atoms with Gasteiger partial charge >= 0.3 is 39.5 Å². The summed E-state index contributed by atoms with van der Waals surface area (Å²) >= 11 is 0. The van der Waals surface area contributed by atoms with E-state index in [1.807, 2.05) is 0 Å². The van der Waals surface area contributed by atoms with E-state index in [-0.39, 0.29) is 25.7 Å². The number of hydrogen-bond acceptors (Lipinski definition) is 15. The Kier molecular flexibility index (Phi) is 56.6. The van der Waals surface area contributed by atoms with Crippen LogP contribution in [-0.2, 0) is 65.4 Å². The topological polar surface area (TPSA) is 237 Å². The zero-order chi connectivity index (χ0) is 64.7. The number of aliphatic hydroxyl groups excluding tert-OH is 1. The average molecular weight is 1280 g/mol. The van der Waals surface area contributed by atoms with Crippen LogP contribution in [0.4, 0.5) is 0 Å². The fraction of sp³-hybridized carbons (Fsp3) is 0.941. The fourth-order valence-corrected chi connectivity index (χ4v) is 11.7. The molecule has 0 aromatic carbocycles. The number of carbonyl (C=O) groups excluding carboxylic acids is 4. The maximum Gasteiger partial charge on any atom is 0.472 e. The van der Waals surface area contributed by atoms with Crippen molar-refractivity contribution in [2.75, 3.05) is 39.6 Å². The highest BCUT2D eigenvalue weighted by Crippen LogP contribution is 2.45. The average Bonchev–Trinajstić information content (AvgIpc) is 3.70. The summed E-state index contributed by atoms with van der Waals surface area (Å²) in [6.07, 6.45) is 39.0. The van der Waals surface area contributed by atoms with E-state index in [0.717, 1.165) is 114 Å². The van der Waals surface area contributed by atoms with Crippen molar-refractivity contribution in [2.45, 2.75) is 350 Å². The van der Waals surface area contributed by atoms with Crippen molar-refractivity contribution in [3.63, 3.8) is 0 Å². The van der Waals surface area contributed by atoms with Crippen molar-refractivity contribution in [2.24, 2.45) is 23.7 Å². The molecule has 3 N–H and O–H groups in total. The number of aliphatic hydroxyl groups is 1. The summed E-state index contributed by atoms with van der Waals surface area (Å²) in [4.78, 5) is 72.4. The summed E-state index contributed by atoms with van der Waals surface area (Å²) in [6.45, 7) is 14.0. The van der Waals surface area contributed by atoms with Gasteiger partial charge in [0, 0.05) is 25.7 Å². The summed E-state index contributed by atoms with van der Waals surface area (Å²) in [7, 11) is -9.90. The third-order valence-electron chi connectivity index (χ3n) is 16.3. The highest BCUT2D eigenvalue weighted by atomic mass is 31.2. The lowest BCUT2D eigenvalue weighted by atomic mass is 9.99. The van der Waals surface area contributed by atoms with Crippen molar-refractivity contribution in [1.29, 1.82) is 0 Å². The Morgan fingerprint density at radius 1 is 0.322 bits per heavy atom. The number of ether oxygens (including phenoxy) is 4. The molecule has 0 aromatic heterocycles. The molecule has 0 aliphatic carbocycles. The van der Waals surface area contributed by atoms with Crippen molar-refractivity contribution in [1.82, 2.24) is 0 Å². The van der Waals surface area contributed by atoms with Crippen molar-refractivity contribution < 1.29 is 80.2 Å². The summed E-state index contributed by atoms with van der Waals surface area (Å²) in [5, 5.41) is 10.6. The minimum atomic E-state index is -4.95. The van der Waals surface area contributed by atoms with E-state index in [0.29, 0.717) is 31.6 Å². The van der Waals surface area contributed by atoms with Crippen molar-refractivity contribution in [3.05, 3.63) is 0 Å². The van der Waals surface area contributed by atoms with Crippen LogP contribution in [0.2, 0.25) is 0 Å². The molecule has 0 amide bonds. The van der Waals surface area contributed by atoms with Crippen LogP contribution in [0.1, 0.15) is 331 Å².